The third-order valence-electron chi connectivity index (χ3n) is 3.97. The molecular weight excluding hydrogens is 293 g/mol. The molecule has 0 heterocycles. The van der Waals surface area contributed by atoms with Gasteiger partial charge in [0.15, 0.2) is 0 Å². The Morgan fingerprint density at radius 3 is 2.67 bits per heavy atom. The van der Waals surface area contributed by atoms with Gasteiger partial charge in [-0.2, -0.15) is 0 Å². The normalized spacial score (nSPS) is 19.0. The van der Waals surface area contributed by atoms with Gasteiger partial charge in [-0.3, -0.25) is 0 Å². The van der Waals surface area contributed by atoms with Crippen LogP contribution in [0.15, 0.2) is 24.3 Å². The average Bonchev–Trinajstić information content (AvgIpc) is 2.35. The first-order valence-corrected chi connectivity index (χ1v) is 8.78. The molecule has 0 aliphatic heterocycles. The molecule has 1 N–H and O–H groups in total. The first kappa shape index (κ1) is 16.4. The minimum atomic E-state index is -3.41. The summed E-state index contributed by atoms with van der Waals surface area (Å²) >= 11 is 0. The molecule has 0 bridgehead atoms. The smallest absolute Gasteiger partial charge is 0.214 e. The van der Waals surface area contributed by atoms with Crippen molar-refractivity contribution in [3.63, 3.8) is 0 Å². The fourth-order valence-corrected chi connectivity index (χ4v) is 4.48. The van der Waals surface area contributed by atoms with Gasteiger partial charge in [0.1, 0.15) is 5.82 Å². The zero-order valence-corrected chi connectivity index (χ0v) is 13.2. The molecule has 1 aromatic carbocycles. The Kier molecular flexibility index (Phi) is 5.01. The number of hydrogen-bond donors (Lipinski definition) is 1. The Labute approximate surface area is 125 Å². The van der Waals surface area contributed by atoms with E-state index in [1.165, 1.54) is 19.2 Å². The predicted molar refractivity (Wildman–Crippen MR) is 80.1 cm³/mol. The average molecular weight is 315 g/mol. The zero-order chi connectivity index (χ0) is 15.5. The second-order valence-electron chi connectivity index (χ2n) is 5.87. The molecule has 1 fully saturated rings. The molecule has 21 heavy (non-hydrogen) atoms. The molecule has 0 spiro atoms. The number of methoxy groups -OCH3 is 1. The van der Waals surface area contributed by atoms with Crippen molar-refractivity contribution in [2.45, 2.75) is 44.2 Å². The van der Waals surface area contributed by atoms with Crippen molar-refractivity contribution < 1.29 is 17.5 Å². The standard InChI is InChI=1S/C15H22FNO3S/c1-12(20-2)11-21(18,19)17-15(7-4-8-15)10-13-5-3-6-14(16)9-13/h3,5-6,9,12,17H,4,7-8,10-11H2,1-2H3/t12-/m0/s1. The quantitative estimate of drug-likeness (QED) is 0.839. The van der Waals surface area contributed by atoms with Crippen LogP contribution in [-0.2, 0) is 21.2 Å². The van der Waals surface area contributed by atoms with Crippen molar-refractivity contribution in [2.75, 3.05) is 12.9 Å². The van der Waals surface area contributed by atoms with Crippen molar-refractivity contribution in [1.29, 1.82) is 0 Å². The number of nitrogens with one attached hydrogen (secondary N) is 1. The molecule has 1 aliphatic carbocycles. The maximum atomic E-state index is 13.3. The van der Waals surface area contributed by atoms with Crippen LogP contribution in [0, 0.1) is 5.82 Å². The second-order valence-corrected chi connectivity index (χ2v) is 7.64. The molecule has 0 saturated heterocycles. The van der Waals surface area contributed by atoms with Gasteiger partial charge in [0.25, 0.3) is 0 Å². The van der Waals surface area contributed by atoms with Crippen LogP contribution < -0.4 is 4.72 Å². The maximum Gasteiger partial charge on any atom is 0.214 e. The minimum absolute atomic E-state index is 0.0611. The van der Waals surface area contributed by atoms with E-state index >= 15 is 0 Å². The highest BCUT2D eigenvalue weighted by atomic mass is 32.2. The van der Waals surface area contributed by atoms with Crippen molar-refractivity contribution in [3.8, 4) is 0 Å². The van der Waals surface area contributed by atoms with Crippen molar-refractivity contribution >= 4 is 10.0 Å². The summed E-state index contributed by atoms with van der Waals surface area (Å²) in [5.74, 6) is -0.355. The fraction of sp³-hybridized carbons (Fsp3) is 0.600. The number of rotatable bonds is 7. The van der Waals surface area contributed by atoms with E-state index in [1.807, 2.05) is 6.07 Å². The zero-order valence-electron chi connectivity index (χ0n) is 12.4. The van der Waals surface area contributed by atoms with Crippen LogP contribution >= 0.6 is 0 Å². The van der Waals surface area contributed by atoms with Crippen LogP contribution in [-0.4, -0.2) is 32.9 Å². The largest absolute Gasteiger partial charge is 0.381 e. The summed E-state index contributed by atoms with van der Waals surface area (Å²) in [4.78, 5) is 0. The Balaban J connectivity index is 2.08. The van der Waals surface area contributed by atoms with Crippen molar-refractivity contribution in [1.82, 2.24) is 4.72 Å². The number of hydrogen-bond acceptors (Lipinski definition) is 3. The topological polar surface area (TPSA) is 55.4 Å². The lowest BCUT2D eigenvalue weighted by molar-refractivity contribution is 0.135. The van der Waals surface area contributed by atoms with E-state index in [1.54, 1.807) is 13.0 Å². The van der Waals surface area contributed by atoms with Crippen LogP contribution in [0.5, 0.6) is 0 Å². The third kappa shape index (κ3) is 4.49. The van der Waals surface area contributed by atoms with Crippen LogP contribution in [0.4, 0.5) is 4.39 Å². The summed E-state index contributed by atoms with van der Waals surface area (Å²) in [7, 11) is -1.92. The molecule has 1 aromatic rings. The van der Waals surface area contributed by atoms with E-state index in [0.717, 1.165) is 24.8 Å². The minimum Gasteiger partial charge on any atom is -0.381 e. The van der Waals surface area contributed by atoms with Gasteiger partial charge in [-0.15, -0.1) is 0 Å². The Hall–Kier alpha value is -0.980. The molecular formula is C15H22FNO3S. The molecule has 0 aromatic heterocycles. The van der Waals surface area contributed by atoms with Gasteiger partial charge < -0.3 is 4.74 Å². The molecule has 0 amide bonds. The number of halogens is 1. The molecule has 0 unspecified atom stereocenters. The van der Waals surface area contributed by atoms with Crippen LogP contribution in [0.2, 0.25) is 0 Å². The summed E-state index contributed by atoms with van der Waals surface area (Å²) in [5.41, 5.74) is 0.345. The van der Waals surface area contributed by atoms with Gasteiger partial charge in [0.05, 0.1) is 11.9 Å². The molecule has 6 heteroatoms. The monoisotopic (exact) mass is 315 g/mol. The molecule has 1 atom stereocenters. The van der Waals surface area contributed by atoms with Gasteiger partial charge in [-0.25, -0.2) is 17.5 Å². The van der Waals surface area contributed by atoms with E-state index in [0.29, 0.717) is 6.42 Å². The summed E-state index contributed by atoms with van der Waals surface area (Å²) in [6.07, 6.45) is 2.71. The van der Waals surface area contributed by atoms with E-state index in [-0.39, 0.29) is 17.7 Å². The highest BCUT2D eigenvalue weighted by Gasteiger charge is 2.40. The Morgan fingerprint density at radius 1 is 1.43 bits per heavy atom. The van der Waals surface area contributed by atoms with Gasteiger partial charge >= 0.3 is 0 Å². The third-order valence-corrected chi connectivity index (χ3v) is 5.62. The van der Waals surface area contributed by atoms with Crippen molar-refractivity contribution in [2.24, 2.45) is 0 Å². The first-order valence-electron chi connectivity index (χ1n) is 7.13. The van der Waals surface area contributed by atoms with Crippen molar-refractivity contribution in [3.05, 3.63) is 35.6 Å². The van der Waals surface area contributed by atoms with Crippen LogP contribution in [0.1, 0.15) is 31.7 Å². The lowest BCUT2D eigenvalue weighted by atomic mass is 9.74. The summed E-state index contributed by atoms with van der Waals surface area (Å²) in [5, 5.41) is 0. The van der Waals surface area contributed by atoms with Gasteiger partial charge in [-0.1, -0.05) is 12.1 Å². The molecule has 4 nitrogen and oxygen atoms in total. The highest BCUT2D eigenvalue weighted by molar-refractivity contribution is 7.89. The van der Waals surface area contributed by atoms with E-state index in [9.17, 15) is 12.8 Å². The predicted octanol–water partition coefficient (Wildman–Crippen LogP) is 2.25. The lowest BCUT2D eigenvalue weighted by Crippen LogP contribution is -2.56. The van der Waals surface area contributed by atoms with Crippen LogP contribution in [0.3, 0.4) is 0 Å². The summed E-state index contributed by atoms with van der Waals surface area (Å²) in [6, 6.07) is 6.33. The number of sulfonamides is 1. The summed E-state index contributed by atoms with van der Waals surface area (Å²) in [6.45, 7) is 1.72. The van der Waals surface area contributed by atoms with Gasteiger partial charge in [0, 0.05) is 12.6 Å². The van der Waals surface area contributed by atoms with E-state index in [2.05, 4.69) is 4.72 Å². The second kappa shape index (κ2) is 6.42. The number of benzene rings is 1. The summed E-state index contributed by atoms with van der Waals surface area (Å²) < 4.78 is 45.5. The molecule has 0 radical (unpaired) electrons. The van der Waals surface area contributed by atoms with E-state index < -0.39 is 15.6 Å². The number of ether oxygens (including phenoxy) is 1. The molecule has 1 saturated carbocycles. The molecule has 1 aliphatic rings. The first-order chi connectivity index (χ1) is 9.84. The Bertz CT molecular complexity index is 584. The lowest BCUT2D eigenvalue weighted by Gasteiger charge is -2.42. The fourth-order valence-electron chi connectivity index (χ4n) is 2.70. The van der Waals surface area contributed by atoms with Gasteiger partial charge in [-0.05, 0) is 50.3 Å². The Morgan fingerprint density at radius 2 is 2.14 bits per heavy atom. The molecule has 118 valence electrons. The molecule has 2 rings (SSSR count). The maximum absolute atomic E-state index is 13.3. The van der Waals surface area contributed by atoms with Gasteiger partial charge in [0.2, 0.25) is 10.0 Å². The van der Waals surface area contributed by atoms with Crippen LogP contribution in [0.25, 0.3) is 0 Å². The SMILES string of the molecule is CO[C@@H](C)CS(=O)(=O)NC1(Cc2cccc(F)c2)CCC1. The highest BCUT2D eigenvalue weighted by Crippen LogP contribution is 2.36. The van der Waals surface area contributed by atoms with E-state index in [4.69, 9.17) is 4.74 Å².